The van der Waals surface area contributed by atoms with Crippen LogP contribution < -0.4 is 5.73 Å². The quantitative estimate of drug-likeness (QED) is 0.525. The Morgan fingerprint density at radius 2 is 1.55 bits per heavy atom. The fourth-order valence-electron chi connectivity index (χ4n) is 0.449. The molecule has 0 saturated heterocycles. The van der Waals surface area contributed by atoms with E-state index in [2.05, 4.69) is 4.98 Å². The second kappa shape index (κ2) is 4.38. The zero-order valence-corrected chi connectivity index (χ0v) is 6.57. The third-order valence-corrected chi connectivity index (χ3v) is 0.946. The Kier molecular flexibility index (Phi) is 3.80. The molecule has 0 atom stereocenters. The highest BCUT2D eigenvalue weighted by Crippen LogP contribution is 2.26. The molecule has 1 aromatic rings. The van der Waals surface area contributed by atoms with Gasteiger partial charge in [-0.2, -0.15) is 0 Å². The van der Waals surface area contributed by atoms with E-state index in [-0.39, 0.29) is 17.2 Å². The highest BCUT2D eigenvalue weighted by Gasteiger charge is 1.99. The molecule has 0 radical (unpaired) electrons. The Balaban J connectivity index is 0.000000461. The largest absolute Gasteiger partial charge is 0.504 e. The Morgan fingerprint density at radius 1 is 1.18 bits per heavy atom. The molecule has 1 rings (SSSR count). The van der Waals surface area contributed by atoms with Crippen molar-refractivity contribution in [3.05, 3.63) is 12.4 Å². The standard InChI is InChI=1S/C5H6N2O2.C2H6/c6-5-3(8)1-7-2-4(5)9;1-2/h1-2,8-9H,(H2,6,7);1-2H3. The molecular formula is C7H12N2O2. The first-order chi connectivity index (χ1) is 5.22. The molecule has 62 valence electrons. The fourth-order valence-corrected chi connectivity index (χ4v) is 0.449. The Labute approximate surface area is 65.3 Å². The molecule has 4 N–H and O–H groups in total. The summed E-state index contributed by atoms with van der Waals surface area (Å²) in [7, 11) is 0. The third-order valence-electron chi connectivity index (χ3n) is 0.946. The van der Waals surface area contributed by atoms with Gasteiger partial charge in [-0.25, -0.2) is 0 Å². The van der Waals surface area contributed by atoms with E-state index in [1.807, 2.05) is 13.8 Å². The predicted molar refractivity (Wildman–Crippen MR) is 43.3 cm³/mol. The maximum atomic E-state index is 8.75. The molecule has 11 heavy (non-hydrogen) atoms. The number of nitrogens with two attached hydrogens (primary N) is 1. The van der Waals surface area contributed by atoms with E-state index >= 15 is 0 Å². The Morgan fingerprint density at radius 3 is 1.82 bits per heavy atom. The van der Waals surface area contributed by atoms with Crippen LogP contribution in [0, 0.1) is 0 Å². The third kappa shape index (κ3) is 2.33. The van der Waals surface area contributed by atoms with Gasteiger partial charge in [-0.1, -0.05) is 13.8 Å². The number of rotatable bonds is 0. The van der Waals surface area contributed by atoms with Gasteiger partial charge in [0.1, 0.15) is 5.69 Å². The lowest BCUT2D eigenvalue weighted by atomic mass is 10.4. The molecular weight excluding hydrogens is 144 g/mol. The maximum Gasteiger partial charge on any atom is 0.160 e. The first kappa shape index (κ1) is 9.55. The number of anilines is 1. The minimum Gasteiger partial charge on any atom is -0.504 e. The monoisotopic (exact) mass is 156 g/mol. The zero-order chi connectivity index (χ0) is 8.85. The number of aromatic hydroxyl groups is 2. The van der Waals surface area contributed by atoms with Gasteiger partial charge in [0.15, 0.2) is 11.5 Å². The molecule has 4 nitrogen and oxygen atoms in total. The minimum atomic E-state index is -0.199. The van der Waals surface area contributed by atoms with Crippen molar-refractivity contribution < 1.29 is 10.2 Å². The number of nitrogen functional groups attached to an aromatic ring is 1. The Hall–Kier alpha value is -1.45. The van der Waals surface area contributed by atoms with E-state index in [4.69, 9.17) is 15.9 Å². The van der Waals surface area contributed by atoms with E-state index in [9.17, 15) is 0 Å². The summed E-state index contributed by atoms with van der Waals surface area (Å²) in [4.78, 5) is 3.46. The van der Waals surface area contributed by atoms with Crippen LogP contribution in [0.1, 0.15) is 13.8 Å². The number of nitrogens with zero attached hydrogens (tertiary/aromatic N) is 1. The number of aromatic nitrogens is 1. The summed E-state index contributed by atoms with van der Waals surface area (Å²) in [5.74, 6) is -0.398. The van der Waals surface area contributed by atoms with Crippen LogP contribution in [0.5, 0.6) is 11.5 Å². The van der Waals surface area contributed by atoms with Crippen LogP contribution in [0.3, 0.4) is 0 Å². The van der Waals surface area contributed by atoms with E-state index in [1.54, 1.807) is 0 Å². The van der Waals surface area contributed by atoms with Crippen molar-refractivity contribution in [2.45, 2.75) is 13.8 Å². The molecule has 0 amide bonds. The van der Waals surface area contributed by atoms with Crippen molar-refractivity contribution in [3.63, 3.8) is 0 Å². The summed E-state index contributed by atoms with van der Waals surface area (Å²) in [6.07, 6.45) is 2.32. The number of hydrogen-bond acceptors (Lipinski definition) is 4. The SMILES string of the molecule is CC.Nc1c(O)cncc1O. The van der Waals surface area contributed by atoms with Crippen LogP contribution in [0.4, 0.5) is 5.69 Å². The topological polar surface area (TPSA) is 79.4 Å². The van der Waals surface area contributed by atoms with Crippen LogP contribution in [0.25, 0.3) is 0 Å². The lowest BCUT2D eigenvalue weighted by Gasteiger charge is -1.97. The number of hydrogen-bond donors (Lipinski definition) is 3. The van der Waals surface area contributed by atoms with Crippen molar-refractivity contribution in [3.8, 4) is 11.5 Å². The van der Waals surface area contributed by atoms with Gasteiger partial charge < -0.3 is 15.9 Å². The van der Waals surface area contributed by atoms with Gasteiger partial charge in [0.25, 0.3) is 0 Å². The van der Waals surface area contributed by atoms with E-state index in [1.165, 1.54) is 0 Å². The van der Waals surface area contributed by atoms with Gasteiger partial charge in [0, 0.05) is 0 Å². The van der Waals surface area contributed by atoms with Crippen molar-refractivity contribution in [1.29, 1.82) is 0 Å². The van der Waals surface area contributed by atoms with Crippen molar-refractivity contribution in [2.24, 2.45) is 0 Å². The smallest absolute Gasteiger partial charge is 0.160 e. The summed E-state index contributed by atoms with van der Waals surface area (Å²) < 4.78 is 0. The van der Waals surface area contributed by atoms with Crippen LogP contribution in [-0.2, 0) is 0 Å². The molecule has 0 saturated carbocycles. The van der Waals surface area contributed by atoms with Crippen LogP contribution in [0.2, 0.25) is 0 Å². The minimum absolute atomic E-state index is 0.0370. The van der Waals surface area contributed by atoms with Crippen molar-refractivity contribution >= 4 is 5.69 Å². The van der Waals surface area contributed by atoms with E-state index in [0.717, 1.165) is 12.4 Å². The summed E-state index contributed by atoms with van der Waals surface area (Å²) in [6.45, 7) is 4.00. The molecule has 1 aromatic heterocycles. The summed E-state index contributed by atoms with van der Waals surface area (Å²) >= 11 is 0. The average Bonchev–Trinajstić information content (AvgIpc) is 2.04. The van der Waals surface area contributed by atoms with Gasteiger partial charge in [-0.15, -0.1) is 0 Å². The molecule has 0 unspecified atom stereocenters. The van der Waals surface area contributed by atoms with E-state index < -0.39 is 0 Å². The van der Waals surface area contributed by atoms with Crippen LogP contribution >= 0.6 is 0 Å². The zero-order valence-electron chi connectivity index (χ0n) is 6.57. The summed E-state index contributed by atoms with van der Waals surface area (Å²) in [5, 5.41) is 17.5. The molecule has 0 aliphatic carbocycles. The van der Waals surface area contributed by atoms with Gasteiger partial charge in [0.05, 0.1) is 12.4 Å². The lowest BCUT2D eigenvalue weighted by Crippen LogP contribution is -1.86. The van der Waals surface area contributed by atoms with Gasteiger partial charge in [0.2, 0.25) is 0 Å². The second-order valence-electron chi connectivity index (χ2n) is 1.59. The fraction of sp³-hybridized carbons (Fsp3) is 0.286. The lowest BCUT2D eigenvalue weighted by molar-refractivity contribution is 0.451. The Bertz CT molecular complexity index is 205. The second-order valence-corrected chi connectivity index (χ2v) is 1.59. The molecule has 0 bridgehead atoms. The first-order valence-corrected chi connectivity index (χ1v) is 3.33. The highest BCUT2D eigenvalue weighted by molar-refractivity contribution is 5.59. The van der Waals surface area contributed by atoms with Gasteiger partial charge >= 0.3 is 0 Å². The van der Waals surface area contributed by atoms with Gasteiger partial charge in [-0.05, 0) is 0 Å². The molecule has 0 aliphatic rings. The van der Waals surface area contributed by atoms with Crippen molar-refractivity contribution in [1.82, 2.24) is 4.98 Å². The average molecular weight is 156 g/mol. The van der Waals surface area contributed by atoms with Crippen LogP contribution in [-0.4, -0.2) is 15.2 Å². The molecule has 0 fully saturated rings. The number of pyridine rings is 1. The maximum absolute atomic E-state index is 8.75. The van der Waals surface area contributed by atoms with E-state index in [0.29, 0.717) is 0 Å². The predicted octanol–water partition coefficient (Wildman–Crippen LogP) is 1.10. The van der Waals surface area contributed by atoms with Gasteiger partial charge in [-0.3, -0.25) is 4.98 Å². The summed E-state index contributed by atoms with van der Waals surface area (Å²) in [5.41, 5.74) is 5.10. The molecule has 0 spiro atoms. The molecule has 1 heterocycles. The molecule has 0 aromatic carbocycles. The molecule has 4 heteroatoms. The highest BCUT2D eigenvalue weighted by atomic mass is 16.3. The summed E-state index contributed by atoms with van der Waals surface area (Å²) in [6, 6.07) is 0. The van der Waals surface area contributed by atoms with Crippen LogP contribution in [0.15, 0.2) is 12.4 Å². The first-order valence-electron chi connectivity index (χ1n) is 3.33. The van der Waals surface area contributed by atoms with Crippen molar-refractivity contribution in [2.75, 3.05) is 5.73 Å². The molecule has 0 aliphatic heterocycles. The normalized spacial score (nSPS) is 8.18.